The van der Waals surface area contributed by atoms with Crippen LogP contribution in [0.2, 0.25) is 0 Å². The van der Waals surface area contributed by atoms with E-state index >= 15 is 0 Å². The predicted molar refractivity (Wildman–Crippen MR) is 71.0 cm³/mol. The van der Waals surface area contributed by atoms with E-state index in [0.29, 0.717) is 19.5 Å². The zero-order chi connectivity index (χ0) is 13.6. The molecule has 6 heteroatoms. The molecule has 0 aromatic heterocycles. The standard InChI is InChI=1S/C12H22N2O3S/c1-3-8-13(9-4-2)18(16,17)14-10-6-5-7-12(14)11-15/h1,12,15H,4-11H2,2H3. The Morgan fingerprint density at radius 3 is 2.78 bits per heavy atom. The third kappa shape index (κ3) is 3.45. The molecule has 0 bridgehead atoms. The molecular weight excluding hydrogens is 252 g/mol. The minimum atomic E-state index is -3.55. The average molecular weight is 274 g/mol. The molecule has 1 N–H and O–H groups in total. The van der Waals surface area contributed by atoms with Gasteiger partial charge in [-0.2, -0.15) is 17.0 Å². The summed E-state index contributed by atoms with van der Waals surface area (Å²) in [6.07, 6.45) is 8.46. The molecule has 1 heterocycles. The van der Waals surface area contributed by atoms with Gasteiger partial charge in [-0.15, -0.1) is 6.42 Å². The molecule has 0 aromatic rings. The van der Waals surface area contributed by atoms with Crippen molar-refractivity contribution in [2.75, 3.05) is 26.2 Å². The summed E-state index contributed by atoms with van der Waals surface area (Å²) >= 11 is 0. The summed E-state index contributed by atoms with van der Waals surface area (Å²) < 4.78 is 27.7. The smallest absolute Gasteiger partial charge is 0.283 e. The van der Waals surface area contributed by atoms with Crippen LogP contribution in [0.3, 0.4) is 0 Å². The molecule has 104 valence electrons. The van der Waals surface area contributed by atoms with Crippen LogP contribution in [0.4, 0.5) is 0 Å². The molecule has 1 saturated heterocycles. The minimum absolute atomic E-state index is 0.0881. The van der Waals surface area contributed by atoms with Crippen molar-refractivity contribution < 1.29 is 13.5 Å². The van der Waals surface area contributed by atoms with E-state index in [9.17, 15) is 13.5 Å². The Labute approximate surface area is 110 Å². The number of hydrogen-bond acceptors (Lipinski definition) is 3. The van der Waals surface area contributed by atoms with Crippen LogP contribution in [0, 0.1) is 12.3 Å². The highest BCUT2D eigenvalue weighted by molar-refractivity contribution is 7.86. The molecule has 0 saturated carbocycles. The van der Waals surface area contributed by atoms with Crippen LogP contribution < -0.4 is 0 Å². The van der Waals surface area contributed by atoms with Crippen molar-refractivity contribution in [1.82, 2.24) is 8.61 Å². The van der Waals surface area contributed by atoms with E-state index in [1.165, 1.54) is 8.61 Å². The lowest BCUT2D eigenvalue weighted by molar-refractivity contribution is 0.148. The van der Waals surface area contributed by atoms with Crippen molar-refractivity contribution in [3.63, 3.8) is 0 Å². The lowest BCUT2D eigenvalue weighted by Gasteiger charge is -2.36. The van der Waals surface area contributed by atoms with Crippen molar-refractivity contribution in [2.45, 2.75) is 38.6 Å². The molecule has 0 aromatic carbocycles. The predicted octanol–water partition coefficient (Wildman–Crippen LogP) is 0.423. The normalized spacial score (nSPS) is 22.0. The maximum absolute atomic E-state index is 12.5. The molecule has 18 heavy (non-hydrogen) atoms. The summed E-state index contributed by atoms with van der Waals surface area (Å²) in [7, 11) is -3.55. The molecule has 1 unspecified atom stereocenters. The molecule has 0 amide bonds. The molecule has 1 aliphatic rings. The first-order chi connectivity index (χ1) is 8.57. The van der Waals surface area contributed by atoms with Gasteiger partial charge in [0, 0.05) is 19.1 Å². The first-order valence-corrected chi connectivity index (χ1v) is 7.78. The number of hydrogen-bond donors (Lipinski definition) is 1. The van der Waals surface area contributed by atoms with E-state index in [1.54, 1.807) is 0 Å². The van der Waals surface area contributed by atoms with Gasteiger partial charge in [-0.3, -0.25) is 0 Å². The minimum Gasteiger partial charge on any atom is -0.395 e. The Morgan fingerprint density at radius 1 is 1.50 bits per heavy atom. The summed E-state index contributed by atoms with van der Waals surface area (Å²) in [5.74, 6) is 2.39. The van der Waals surface area contributed by atoms with Crippen LogP contribution in [0.15, 0.2) is 0 Å². The highest BCUT2D eigenvalue weighted by Gasteiger charge is 2.35. The molecular formula is C12H22N2O3S. The van der Waals surface area contributed by atoms with Crippen LogP contribution >= 0.6 is 0 Å². The quantitative estimate of drug-likeness (QED) is 0.714. The maximum Gasteiger partial charge on any atom is 0.283 e. The molecule has 1 fully saturated rings. The summed E-state index contributed by atoms with van der Waals surface area (Å²) in [5.41, 5.74) is 0. The fraction of sp³-hybridized carbons (Fsp3) is 0.833. The SMILES string of the molecule is C#CCN(CCC)S(=O)(=O)N1CCCCC1CO. The fourth-order valence-corrected chi connectivity index (χ4v) is 4.09. The van der Waals surface area contributed by atoms with E-state index in [0.717, 1.165) is 19.3 Å². The van der Waals surface area contributed by atoms with Gasteiger partial charge < -0.3 is 5.11 Å². The Morgan fingerprint density at radius 2 is 2.22 bits per heavy atom. The first-order valence-electron chi connectivity index (χ1n) is 6.39. The van der Waals surface area contributed by atoms with Gasteiger partial charge in [0.05, 0.1) is 13.2 Å². The van der Waals surface area contributed by atoms with Gasteiger partial charge in [0.25, 0.3) is 10.2 Å². The Bertz CT molecular complexity index is 389. The van der Waals surface area contributed by atoms with Gasteiger partial charge in [0.1, 0.15) is 0 Å². The molecule has 1 rings (SSSR count). The van der Waals surface area contributed by atoms with E-state index < -0.39 is 10.2 Å². The summed E-state index contributed by atoms with van der Waals surface area (Å²) in [6.45, 7) is 2.76. The average Bonchev–Trinajstić information content (AvgIpc) is 2.38. The highest BCUT2D eigenvalue weighted by Crippen LogP contribution is 2.22. The molecule has 0 spiro atoms. The van der Waals surface area contributed by atoms with Crippen LogP contribution in [-0.4, -0.2) is 54.4 Å². The Kier molecular flexibility index (Phi) is 6.09. The summed E-state index contributed by atoms with van der Waals surface area (Å²) in [4.78, 5) is 0. The van der Waals surface area contributed by atoms with E-state index in [2.05, 4.69) is 5.92 Å². The van der Waals surface area contributed by atoms with Crippen LogP contribution in [0.5, 0.6) is 0 Å². The fourth-order valence-electron chi connectivity index (χ4n) is 2.24. The highest BCUT2D eigenvalue weighted by atomic mass is 32.2. The van der Waals surface area contributed by atoms with E-state index in [1.807, 2.05) is 6.92 Å². The van der Waals surface area contributed by atoms with Crippen LogP contribution in [0.1, 0.15) is 32.6 Å². The second-order valence-corrected chi connectivity index (χ2v) is 6.37. The van der Waals surface area contributed by atoms with Gasteiger partial charge in [-0.05, 0) is 19.3 Å². The Balaban J connectivity index is 2.90. The lowest BCUT2D eigenvalue weighted by Crippen LogP contribution is -2.52. The third-order valence-corrected chi connectivity index (χ3v) is 5.18. The zero-order valence-corrected chi connectivity index (χ0v) is 11.7. The molecule has 5 nitrogen and oxygen atoms in total. The number of nitrogens with zero attached hydrogens (tertiary/aromatic N) is 2. The van der Waals surface area contributed by atoms with Crippen molar-refractivity contribution in [3.8, 4) is 12.3 Å². The van der Waals surface area contributed by atoms with Gasteiger partial charge >= 0.3 is 0 Å². The van der Waals surface area contributed by atoms with E-state index in [-0.39, 0.29) is 19.2 Å². The van der Waals surface area contributed by atoms with E-state index in [4.69, 9.17) is 6.42 Å². The zero-order valence-electron chi connectivity index (χ0n) is 10.9. The molecule has 0 radical (unpaired) electrons. The van der Waals surface area contributed by atoms with Gasteiger partial charge in [0.15, 0.2) is 0 Å². The van der Waals surface area contributed by atoms with Gasteiger partial charge in [-0.25, -0.2) is 0 Å². The topological polar surface area (TPSA) is 60.9 Å². The van der Waals surface area contributed by atoms with Gasteiger partial charge in [-0.1, -0.05) is 19.3 Å². The van der Waals surface area contributed by atoms with Crippen molar-refractivity contribution >= 4 is 10.2 Å². The van der Waals surface area contributed by atoms with Crippen molar-refractivity contribution in [2.24, 2.45) is 0 Å². The van der Waals surface area contributed by atoms with Gasteiger partial charge in [0.2, 0.25) is 0 Å². The first kappa shape index (κ1) is 15.4. The Hall–Kier alpha value is -0.610. The lowest BCUT2D eigenvalue weighted by atomic mass is 10.1. The molecule has 0 aliphatic carbocycles. The second-order valence-electron chi connectivity index (χ2n) is 4.49. The number of terminal acetylenes is 1. The number of aliphatic hydroxyl groups is 1. The third-order valence-electron chi connectivity index (χ3n) is 3.15. The number of piperidine rings is 1. The summed E-state index contributed by atoms with van der Waals surface area (Å²) in [5, 5.41) is 9.30. The maximum atomic E-state index is 12.5. The monoisotopic (exact) mass is 274 g/mol. The number of aliphatic hydroxyl groups excluding tert-OH is 1. The molecule has 1 atom stereocenters. The van der Waals surface area contributed by atoms with Crippen molar-refractivity contribution in [3.05, 3.63) is 0 Å². The van der Waals surface area contributed by atoms with Crippen molar-refractivity contribution in [1.29, 1.82) is 0 Å². The number of rotatable bonds is 6. The van der Waals surface area contributed by atoms with Crippen LogP contribution in [-0.2, 0) is 10.2 Å². The van der Waals surface area contributed by atoms with Crippen LogP contribution in [0.25, 0.3) is 0 Å². The largest absolute Gasteiger partial charge is 0.395 e. The molecule has 1 aliphatic heterocycles. The summed E-state index contributed by atoms with van der Waals surface area (Å²) in [6, 6.07) is -0.305. The second kappa shape index (κ2) is 7.10.